The van der Waals surface area contributed by atoms with Gasteiger partial charge in [-0.2, -0.15) is 5.26 Å². The van der Waals surface area contributed by atoms with E-state index in [1.807, 2.05) is 36.6 Å². The summed E-state index contributed by atoms with van der Waals surface area (Å²) in [6.45, 7) is 4.60. The molecule has 0 amide bonds. The Hall–Kier alpha value is -3.17. The first-order valence-electron chi connectivity index (χ1n) is 10.0. The van der Waals surface area contributed by atoms with E-state index >= 15 is 0 Å². The quantitative estimate of drug-likeness (QED) is 0.477. The van der Waals surface area contributed by atoms with Gasteiger partial charge in [-0.15, -0.1) is 11.3 Å². The van der Waals surface area contributed by atoms with Crippen molar-refractivity contribution >= 4 is 22.9 Å². The number of hydrogen-bond acceptors (Lipinski definition) is 4. The minimum atomic E-state index is -0.901. The molecule has 0 unspecified atom stereocenters. The van der Waals surface area contributed by atoms with Crippen molar-refractivity contribution in [2.75, 3.05) is 0 Å². The molecule has 0 aliphatic rings. The molecule has 0 aliphatic heterocycles. The lowest BCUT2D eigenvalue weighted by atomic mass is 10.0. The van der Waals surface area contributed by atoms with Crippen molar-refractivity contribution in [2.24, 2.45) is 0 Å². The van der Waals surface area contributed by atoms with Gasteiger partial charge in [-0.1, -0.05) is 31.5 Å². The highest BCUT2D eigenvalue weighted by molar-refractivity contribution is 7.09. The van der Waals surface area contributed by atoms with Gasteiger partial charge in [0.15, 0.2) is 0 Å². The third kappa shape index (κ3) is 5.05. The summed E-state index contributed by atoms with van der Waals surface area (Å²) in [6.07, 6.45) is 5.11. The molecular weight excluding hydrogens is 394 g/mol. The van der Waals surface area contributed by atoms with Gasteiger partial charge in [-0.25, -0.2) is 9.78 Å². The summed E-state index contributed by atoms with van der Waals surface area (Å²) in [7, 11) is 0. The lowest BCUT2D eigenvalue weighted by Gasteiger charge is -2.15. The number of carbonyl (C=O) groups is 1. The van der Waals surface area contributed by atoms with Crippen molar-refractivity contribution in [3.63, 3.8) is 0 Å². The fraction of sp³-hybridized carbons (Fsp3) is 0.292. The summed E-state index contributed by atoms with van der Waals surface area (Å²) < 4.78 is 2.11. The van der Waals surface area contributed by atoms with Crippen LogP contribution in [0.4, 0.5) is 0 Å². The van der Waals surface area contributed by atoms with E-state index in [9.17, 15) is 9.90 Å². The summed E-state index contributed by atoms with van der Waals surface area (Å²) in [5.74, 6) is 0.0542. The van der Waals surface area contributed by atoms with Gasteiger partial charge in [0, 0.05) is 29.8 Å². The van der Waals surface area contributed by atoms with Crippen LogP contribution in [0.25, 0.3) is 5.57 Å². The molecule has 0 atom stereocenters. The van der Waals surface area contributed by atoms with Crippen LogP contribution in [0.5, 0.6) is 0 Å². The molecule has 6 heteroatoms. The highest BCUT2D eigenvalue weighted by Gasteiger charge is 2.19. The van der Waals surface area contributed by atoms with Crippen LogP contribution < -0.4 is 0 Å². The summed E-state index contributed by atoms with van der Waals surface area (Å²) in [5, 5.41) is 20.9. The minimum Gasteiger partial charge on any atom is -0.478 e. The van der Waals surface area contributed by atoms with Crippen LogP contribution >= 0.6 is 11.3 Å². The standard InChI is InChI=1S/C24H25N3O2S/c1-3-4-7-23-26-15-22(27(23)16-19-10-8-18(14-25)9-11-19)17(2)21(24(28)29)13-20-6-5-12-30-20/h5-6,8-12,15H,3-4,7,13,16H2,1-2H3,(H,28,29). The molecule has 0 aliphatic carbocycles. The van der Waals surface area contributed by atoms with Crippen LogP contribution in [0.3, 0.4) is 0 Å². The zero-order valence-electron chi connectivity index (χ0n) is 17.3. The van der Waals surface area contributed by atoms with Crippen molar-refractivity contribution in [3.05, 3.63) is 81.1 Å². The number of aryl methyl sites for hydroxylation is 1. The van der Waals surface area contributed by atoms with E-state index in [4.69, 9.17) is 5.26 Å². The van der Waals surface area contributed by atoms with E-state index in [2.05, 4.69) is 22.5 Å². The smallest absolute Gasteiger partial charge is 0.332 e. The number of thiophene rings is 1. The fourth-order valence-corrected chi connectivity index (χ4v) is 4.12. The van der Waals surface area contributed by atoms with Gasteiger partial charge in [0.2, 0.25) is 0 Å². The number of aliphatic carboxylic acids is 1. The SMILES string of the molecule is CCCCc1ncc(C(C)=C(Cc2cccs2)C(=O)O)n1Cc1ccc(C#N)cc1. The van der Waals surface area contributed by atoms with Gasteiger partial charge < -0.3 is 9.67 Å². The maximum Gasteiger partial charge on any atom is 0.332 e. The van der Waals surface area contributed by atoms with Gasteiger partial charge in [0.25, 0.3) is 0 Å². The molecule has 1 aromatic carbocycles. The zero-order chi connectivity index (χ0) is 21.5. The Balaban J connectivity index is 2.02. The maximum absolute atomic E-state index is 12.0. The van der Waals surface area contributed by atoms with Crippen LogP contribution in [-0.2, 0) is 24.2 Å². The lowest BCUT2D eigenvalue weighted by Crippen LogP contribution is -2.11. The summed E-state index contributed by atoms with van der Waals surface area (Å²) >= 11 is 1.56. The topological polar surface area (TPSA) is 78.9 Å². The lowest BCUT2D eigenvalue weighted by molar-refractivity contribution is -0.132. The molecule has 0 radical (unpaired) electrons. The Kier molecular flexibility index (Phi) is 7.21. The van der Waals surface area contributed by atoms with Crippen LogP contribution in [0, 0.1) is 11.3 Å². The Morgan fingerprint density at radius 1 is 1.27 bits per heavy atom. The van der Waals surface area contributed by atoms with E-state index in [-0.39, 0.29) is 0 Å². The molecule has 0 fully saturated rings. The molecule has 0 spiro atoms. The van der Waals surface area contributed by atoms with Crippen LogP contribution in [-0.4, -0.2) is 20.6 Å². The first kappa shape index (κ1) is 21.5. The molecule has 1 N–H and O–H groups in total. The minimum absolute atomic E-state index is 0.389. The van der Waals surface area contributed by atoms with Crippen molar-refractivity contribution in [1.29, 1.82) is 5.26 Å². The predicted molar refractivity (Wildman–Crippen MR) is 119 cm³/mol. The van der Waals surface area contributed by atoms with Crippen molar-refractivity contribution in [2.45, 2.75) is 46.1 Å². The first-order valence-corrected chi connectivity index (χ1v) is 10.9. The summed E-state index contributed by atoms with van der Waals surface area (Å²) in [4.78, 5) is 17.7. The van der Waals surface area contributed by atoms with Crippen molar-refractivity contribution in [3.8, 4) is 6.07 Å². The number of allylic oxidation sites excluding steroid dienone is 1. The van der Waals surface area contributed by atoms with Gasteiger partial charge in [-0.3, -0.25) is 0 Å². The van der Waals surface area contributed by atoms with Gasteiger partial charge in [-0.05, 0) is 48.1 Å². The molecule has 2 aromatic heterocycles. The number of benzene rings is 1. The van der Waals surface area contributed by atoms with Gasteiger partial charge in [0.05, 0.1) is 23.5 Å². The number of carboxylic acid groups (broad SMARTS) is 1. The number of unbranched alkanes of at least 4 members (excludes halogenated alkanes) is 1. The average molecular weight is 420 g/mol. The van der Waals surface area contributed by atoms with Crippen LogP contribution in [0.1, 0.15) is 54.2 Å². The summed E-state index contributed by atoms with van der Waals surface area (Å²) in [5.41, 5.74) is 3.63. The van der Waals surface area contributed by atoms with E-state index in [1.165, 1.54) is 0 Å². The molecule has 0 saturated carbocycles. The molecule has 154 valence electrons. The maximum atomic E-state index is 12.0. The molecule has 5 nitrogen and oxygen atoms in total. The van der Waals surface area contributed by atoms with E-state index < -0.39 is 5.97 Å². The second-order valence-electron chi connectivity index (χ2n) is 7.22. The molecule has 0 bridgehead atoms. The Labute approximate surface area is 180 Å². The Morgan fingerprint density at radius 3 is 2.63 bits per heavy atom. The Morgan fingerprint density at radius 2 is 2.03 bits per heavy atom. The number of hydrogen-bond donors (Lipinski definition) is 1. The van der Waals surface area contributed by atoms with Crippen LogP contribution in [0.15, 0.2) is 53.5 Å². The highest BCUT2D eigenvalue weighted by atomic mass is 32.1. The number of rotatable bonds is 9. The Bertz CT molecular complexity index is 1070. The molecule has 3 aromatic rings. The van der Waals surface area contributed by atoms with Gasteiger partial charge >= 0.3 is 5.97 Å². The van der Waals surface area contributed by atoms with Gasteiger partial charge in [0.1, 0.15) is 5.82 Å². The number of carboxylic acids is 1. The molecular formula is C24H25N3O2S. The number of nitrogens with zero attached hydrogens (tertiary/aromatic N) is 3. The number of aromatic nitrogens is 2. The predicted octanol–water partition coefficient (Wildman–Crippen LogP) is 5.31. The monoisotopic (exact) mass is 419 g/mol. The fourth-order valence-electron chi connectivity index (χ4n) is 3.40. The third-order valence-electron chi connectivity index (χ3n) is 5.14. The van der Waals surface area contributed by atoms with Crippen molar-refractivity contribution in [1.82, 2.24) is 9.55 Å². The number of nitriles is 1. The van der Waals surface area contributed by atoms with E-state index in [0.717, 1.165) is 46.8 Å². The third-order valence-corrected chi connectivity index (χ3v) is 6.02. The van der Waals surface area contributed by atoms with Crippen molar-refractivity contribution < 1.29 is 9.90 Å². The average Bonchev–Trinajstić information content (AvgIpc) is 3.40. The zero-order valence-corrected chi connectivity index (χ0v) is 18.1. The normalized spacial score (nSPS) is 11.8. The molecule has 0 saturated heterocycles. The van der Waals surface area contributed by atoms with Crippen LogP contribution in [0.2, 0.25) is 0 Å². The van der Waals surface area contributed by atoms with E-state index in [0.29, 0.717) is 24.1 Å². The number of imidazole rings is 1. The largest absolute Gasteiger partial charge is 0.478 e. The molecule has 2 heterocycles. The second-order valence-corrected chi connectivity index (χ2v) is 8.26. The molecule has 3 rings (SSSR count). The second kappa shape index (κ2) is 10.0. The highest BCUT2D eigenvalue weighted by Crippen LogP contribution is 2.26. The first-order chi connectivity index (χ1) is 14.5. The van der Waals surface area contributed by atoms with E-state index in [1.54, 1.807) is 29.7 Å². The summed E-state index contributed by atoms with van der Waals surface area (Å²) in [6, 6.07) is 13.5. The molecule has 30 heavy (non-hydrogen) atoms.